The van der Waals surface area contributed by atoms with Crippen molar-refractivity contribution in [1.82, 2.24) is 0 Å². The fourth-order valence-corrected chi connectivity index (χ4v) is 1.25. The molecule has 64 valence electrons. The molecule has 0 spiro atoms. The molecule has 0 amide bonds. The van der Waals surface area contributed by atoms with Gasteiger partial charge in [0.15, 0.2) is 0 Å². The van der Waals surface area contributed by atoms with Crippen molar-refractivity contribution in [2.75, 3.05) is 0 Å². The zero-order valence-electron chi connectivity index (χ0n) is 7.52. The highest BCUT2D eigenvalue weighted by atomic mass is 19.1. The van der Waals surface area contributed by atoms with Gasteiger partial charge in [-0.25, -0.2) is 4.39 Å². The van der Waals surface area contributed by atoms with Crippen LogP contribution in [0.5, 0.6) is 0 Å². The zero-order chi connectivity index (χ0) is 9.14. The third kappa shape index (κ3) is 1.73. The van der Waals surface area contributed by atoms with Crippen molar-refractivity contribution in [1.29, 1.82) is 0 Å². The first-order chi connectivity index (χ1) is 5.65. The van der Waals surface area contributed by atoms with Crippen LogP contribution in [0.1, 0.15) is 23.6 Å². The molecule has 0 aromatic heterocycles. The van der Waals surface area contributed by atoms with Gasteiger partial charge in [-0.2, -0.15) is 0 Å². The summed E-state index contributed by atoms with van der Waals surface area (Å²) < 4.78 is 12.5. The molecule has 0 saturated carbocycles. The molecule has 0 aliphatic heterocycles. The van der Waals surface area contributed by atoms with Gasteiger partial charge >= 0.3 is 0 Å². The van der Waals surface area contributed by atoms with Crippen molar-refractivity contribution in [3.05, 3.63) is 41.5 Å². The molecule has 0 radical (unpaired) electrons. The average Bonchev–Trinajstić information content (AvgIpc) is 2.03. The molecule has 0 aliphatic carbocycles. The number of benzene rings is 1. The minimum absolute atomic E-state index is 0.413. The molecule has 0 heterocycles. The predicted molar refractivity (Wildman–Crippen MR) is 50.7 cm³/mol. The quantitative estimate of drug-likeness (QED) is 0.627. The first kappa shape index (κ1) is 8.98. The molecule has 0 saturated heterocycles. The summed E-state index contributed by atoms with van der Waals surface area (Å²) in [7, 11) is 0. The summed E-state index contributed by atoms with van der Waals surface area (Å²) in [6, 6.07) is 5.76. The van der Waals surface area contributed by atoms with E-state index in [0.29, 0.717) is 0 Å². The largest absolute Gasteiger partial charge is 0.246 e. The summed E-state index contributed by atoms with van der Waals surface area (Å²) in [5, 5.41) is 0. The van der Waals surface area contributed by atoms with Crippen molar-refractivity contribution < 1.29 is 4.39 Å². The Balaban J connectivity index is 3.20. The molecule has 0 aliphatic rings. The van der Waals surface area contributed by atoms with Gasteiger partial charge in [-0.15, -0.1) is 0 Å². The minimum atomic E-state index is -0.413. The van der Waals surface area contributed by atoms with E-state index in [1.165, 1.54) is 0 Å². The molecule has 0 fully saturated rings. The third-order valence-corrected chi connectivity index (χ3v) is 1.86. The maximum absolute atomic E-state index is 12.5. The molecule has 0 N–H and O–H groups in total. The molecule has 0 unspecified atom stereocenters. The van der Waals surface area contributed by atoms with Gasteiger partial charge in [0.1, 0.15) is 6.67 Å². The Kier molecular flexibility index (Phi) is 2.64. The summed E-state index contributed by atoms with van der Waals surface area (Å²) >= 11 is 0. The number of halogens is 1. The lowest BCUT2D eigenvalue weighted by molar-refractivity contribution is 0.484. The van der Waals surface area contributed by atoms with Crippen LogP contribution in [0.25, 0.3) is 5.57 Å². The Hall–Kier alpha value is -1.11. The highest BCUT2D eigenvalue weighted by molar-refractivity contribution is 5.64. The lowest BCUT2D eigenvalue weighted by atomic mass is 10.0. The topological polar surface area (TPSA) is 0 Å². The van der Waals surface area contributed by atoms with Crippen LogP contribution >= 0.6 is 0 Å². The molecule has 12 heavy (non-hydrogen) atoms. The number of hydrogen-bond donors (Lipinski definition) is 0. The van der Waals surface area contributed by atoms with Gasteiger partial charge in [0.25, 0.3) is 0 Å². The van der Waals surface area contributed by atoms with Crippen LogP contribution in [0.3, 0.4) is 0 Å². The van der Waals surface area contributed by atoms with E-state index in [-0.39, 0.29) is 0 Å². The van der Waals surface area contributed by atoms with Crippen molar-refractivity contribution in [3.8, 4) is 0 Å². The van der Waals surface area contributed by atoms with Crippen molar-refractivity contribution in [2.45, 2.75) is 20.5 Å². The van der Waals surface area contributed by atoms with Crippen LogP contribution in [0.15, 0.2) is 24.8 Å². The minimum Gasteiger partial charge on any atom is -0.246 e. The highest BCUT2D eigenvalue weighted by Gasteiger charge is 2.01. The first-order valence-corrected chi connectivity index (χ1v) is 3.96. The van der Waals surface area contributed by atoms with E-state index in [4.69, 9.17) is 0 Å². The van der Waals surface area contributed by atoms with Crippen LogP contribution in [0.2, 0.25) is 0 Å². The van der Waals surface area contributed by atoms with Crippen LogP contribution < -0.4 is 0 Å². The Bertz CT molecular complexity index is 300. The Morgan fingerprint density at radius 1 is 1.50 bits per heavy atom. The molecule has 0 bridgehead atoms. The average molecular weight is 164 g/mol. The van der Waals surface area contributed by atoms with E-state index >= 15 is 0 Å². The number of rotatable bonds is 2. The summed E-state index contributed by atoms with van der Waals surface area (Å²) in [6.45, 7) is 7.24. The maximum Gasteiger partial charge on any atom is 0.115 e. The van der Waals surface area contributed by atoms with Gasteiger partial charge in [0, 0.05) is 0 Å². The fourth-order valence-electron chi connectivity index (χ4n) is 1.25. The number of hydrogen-bond acceptors (Lipinski definition) is 0. The molecule has 0 atom stereocenters. The highest BCUT2D eigenvalue weighted by Crippen LogP contribution is 2.19. The zero-order valence-corrected chi connectivity index (χ0v) is 7.52. The number of aryl methyl sites for hydroxylation is 1. The van der Waals surface area contributed by atoms with Gasteiger partial charge in [0.2, 0.25) is 0 Å². The smallest absolute Gasteiger partial charge is 0.115 e. The third-order valence-electron chi connectivity index (χ3n) is 1.86. The lowest BCUT2D eigenvalue weighted by Gasteiger charge is -2.06. The van der Waals surface area contributed by atoms with Gasteiger partial charge in [-0.1, -0.05) is 35.9 Å². The molecule has 0 nitrogen and oxygen atoms in total. The summed E-state index contributed by atoms with van der Waals surface area (Å²) in [6.07, 6.45) is 0. The maximum atomic E-state index is 12.5. The van der Waals surface area contributed by atoms with E-state index in [0.717, 1.165) is 22.3 Å². The molecule has 1 heteroatoms. The Morgan fingerprint density at radius 3 is 2.67 bits per heavy atom. The van der Waals surface area contributed by atoms with Gasteiger partial charge < -0.3 is 0 Å². The van der Waals surface area contributed by atoms with Crippen molar-refractivity contribution >= 4 is 5.57 Å². The van der Waals surface area contributed by atoms with Crippen LogP contribution in [-0.2, 0) is 6.67 Å². The van der Waals surface area contributed by atoms with E-state index < -0.39 is 6.67 Å². The van der Waals surface area contributed by atoms with Crippen LogP contribution in [0, 0.1) is 6.92 Å². The second-order valence-electron chi connectivity index (χ2n) is 3.07. The second-order valence-corrected chi connectivity index (χ2v) is 3.07. The summed E-state index contributed by atoms with van der Waals surface area (Å²) in [4.78, 5) is 0. The van der Waals surface area contributed by atoms with Gasteiger partial charge in [0.05, 0.1) is 0 Å². The van der Waals surface area contributed by atoms with Gasteiger partial charge in [-0.05, 0) is 25.0 Å². The fraction of sp³-hybridized carbons (Fsp3) is 0.273. The van der Waals surface area contributed by atoms with Crippen molar-refractivity contribution in [3.63, 3.8) is 0 Å². The van der Waals surface area contributed by atoms with E-state index in [2.05, 4.69) is 6.58 Å². The normalized spacial score (nSPS) is 9.92. The molecular formula is C11H13F. The summed E-state index contributed by atoms with van der Waals surface area (Å²) in [5.74, 6) is 0. The molecule has 1 rings (SSSR count). The SMILES string of the molecule is C=C(C)c1ccc(C)cc1CF. The number of allylic oxidation sites excluding steroid dienone is 1. The monoisotopic (exact) mass is 164 g/mol. The molecule has 1 aromatic carbocycles. The summed E-state index contributed by atoms with van der Waals surface area (Å²) in [5.41, 5.74) is 3.68. The molecular weight excluding hydrogens is 151 g/mol. The number of alkyl halides is 1. The first-order valence-electron chi connectivity index (χ1n) is 3.96. The van der Waals surface area contributed by atoms with Crippen LogP contribution in [0.4, 0.5) is 4.39 Å². The molecule has 1 aromatic rings. The second kappa shape index (κ2) is 3.53. The van der Waals surface area contributed by atoms with E-state index in [1.54, 1.807) is 0 Å². The van der Waals surface area contributed by atoms with Crippen LogP contribution in [-0.4, -0.2) is 0 Å². The standard InChI is InChI=1S/C11H13F/c1-8(2)11-5-4-9(3)6-10(11)7-12/h4-6H,1,7H2,2-3H3. The van der Waals surface area contributed by atoms with E-state index in [1.807, 2.05) is 32.0 Å². The Labute approximate surface area is 72.7 Å². The van der Waals surface area contributed by atoms with Gasteiger partial charge in [-0.3, -0.25) is 0 Å². The van der Waals surface area contributed by atoms with Crippen molar-refractivity contribution in [2.24, 2.45) is 0 Å². The van der Waals surface area contributed by atoms with E-state index in [9.17, 15) is 4.39 Å². The predicted octanol–water partition coefficient (Wildman–Crippen LogP) is 3.50. The lowest BCUT2D eigenvalue weighted by Crippen LogP contribution is -1.89. The Morgan fingerprint density at radius 2 is 2.17 bits per heavy atom.